The van der Waals surface area contributed by atoms with Crippen molar-refractivity contribution in [2.45, 2.75) is 0 Å². The Morgan fingerprint density at radius 2 is 1.26 bits per heavy atom. The van der Waals surface area contributed by atoms with Crippen LogP contribution in [0.1, 0.15) is 0 Å². The minimum Gasteiger partial charge on any atom is -0.0835 e. The Bertz CT molecular complexity index is 654. The smallest absolute Gasteiger partial charge is 0.0835 e. The van der Waals surface area contributed by atoms with Crippen LogP contribution in [0.3, 0.4) is 0 Å². The molecule has 0 bridgehead atoms. The summed E-state index contributed by atoms with van der Waals surface area (Å²) in [6.07, 6.45) is -0.850. The average molecular weight is 632 g/mol. The molecule has 1 unspecified atom stereocenters. The molecule has 0 rings (SSSR count). The van der Waals surface area contributed by atoms with Crippen LogP contribution in [0.2, 0.25) is 0 Å². The molecule has 0 aromatic heterocycles. The zero-order valence-corrected chi connectivity index (χ0v) is 26.6. The summed E-state index contributed by atoms with van der Waals surface area (Å²) in [6, 6.07) is 0. The first kappa shape index (κ1) is 27.6. The van der Waals surface area contributed by atoms with E-state index < -0.39 is 13.0 Å². The van der Waals surface area contributed by atoms with E-state index in [9.17, 15) is 4.79 Å². The van der Waals surface area contributed by atoms with Crippen LogP contribution in [0.25, 0.3) is 0 Å². The van der Waals surface area contributed by atoms with E-state index in [4.69, 9.17) is 10.1 Å². The average Bonchev–Trinajstić information content (AvgIpc) is 2.55. The minimum atomic E-state index is -1.10. The van der Waals surface area contributed by atoms with Crippen LogP contribution in [-0.4, -0.2) is 6.09 Å². The molecule has 0 radical (unpaired) electrons. The monoisotopic (exact) mass is 632 g/mol. The van der Waals surface area contributed by atoms with E-state index in [1.165, 1.54) is 106 Å². The number of amides is 1. The Labute approximate surface area is 162 Å². The third-order valence-electron chi connectivity index (χ3n) is 0.892. The van der Waals surface area contributed by atoms with Crippen molar-refractivity contribution in [2.75, 3.05) is 0 Å². The number of carbonyl (C=O) groups excluding carboxylic acids is 1. The van der Waals surface area contributed by atoms with Gasteiger partial charge in [-0.25, -0.2) is 0 Å². The first-order chi connectivity index (χ1) is 11.2. The predicted octanol–water partition coefficient (Wildman–Crippen LogP) is 15.9. The van der Waals surface area contributed by atoms with Gasteiger partial charge in [0, 0.05) is 0 Å². The van der Waals surface area contributed by atoms with Crippen molar-refractivity contribution in [3.05, 3.63) is 0 Å². The molecular weight excluding hydrogens is 630 g/mol. The van der Waals surface area contributed by atoms with E-state index in [0.717, 1.165) is 7.56 Å². The van der Waals surface area contributed by atoms with Gasteiger partial charge in [0.05, 0.1) is 0 Å². The van der Waals surface area contributed by atoms with Crippen LogP contribution in [0.15, 0.2) is 5.11 Å². The van der Waals surface area contributed by atoms with Crippen molar-refractivity contribution in [1.29, 1.82) is 5.53 Å². The van der Waals surface area contributed by atoms with Gasteiger partial charge in [-0.2, -0.15) is 0 Å². The maximum atomic E-state index is 10.7. The number of hydrogen-bond acceptors (Lipinski definition) is 3. The molecule has 4 nitrogen and oxygen atoms in total. The van der Waals surface area contributed by atoms with E-state index in [2.05, 4.69) is 22.0 Å². The molecule has 22 heteroatoms. The fraction of sp³-hybridized carbons (Fsp3) is 0. The number of hydrogen-bond donors (Lipinski definition) is 1. The van der Waals surface area contributed by atoms with Crippen molar-refractivity contribution in [1.82, 2.24) is 0 Å². The molecule has 0 aliphatic carbocycles. The van der Waals surface area contributed by atoms with Crippen molar-refractivity contribution >= 4 is 143 Å². The van der Waals surface area contributed by atoms with Crippen LogP contribution in [0.4, 0.5) is 4.79 Å². The zero-order valence-electron chi connectivity index (χ0n) is 10.4. The number of nitrogens with one attached hydrogen (secondary N) is 1. The molecule has 0 heterocycles. The molecule has 0 fully saturated rings. The summed E-state index contributed by atoms with van der Waals surface area (Å²) in [5.74, 6) is 0. The predicted molar refractivity (Wildman–Crippen MR) is 138 cm³/mol. The molecule has 1 atom stereocenters. The minimum absolute atomic E-state index is 0.850. The van der Waals surface area contributed by atoms with Gasteiger partial charge in [-0.1, -0.05) is 8.53 Å². The second-order valence-corrected chi connectivity index (χ2v) is 41.0. The second-order valence-electron chi connectivity index (χ2n) is 2.07. The van der Waals surface area contributed by atoms with Gasteiger partial charge < -0.3 is 0 Å². The van der Waals surface area contributed by atoms with Crippen LogP contribution in [-0.2, 0) is 4.52 Å². The Hall–Kier alpha value is 4.60. The summed E-state index contributed by atoms with van der Waals surface area (Å²) in [4.78, 5) is 10.7. The van der Waals surface area contributed by atoms with Crippen LogP contribution >= 0.6 is 137 Å². The fourth-order valence-electron chi connectivity index (χ4n) is 0.377. The van der Waals surface area contributed by atoms with E-state index in [1.807, 2.05) is 0 Å². The third-order valence-corrected chi connectivity index (χ3v) is 51.0. The quantitative estimate of drug-likeness (QED) is 0.224. The van der Waals surface area contributed by atoms with Gasteiger partial charge in [-0.05, 0) is 30.2 Å². The van der Waals surface area contributed by atoms with Crippen molar-refractivity contribution in [2.24, 2.45) is 5.11 Å². The van der Waals surface area contributed by atoms with E-state index in [0.29, 0.717) is 0 Å². The summed E-state index contributed by atoms with van der Waals surface area (Å²) < 4.78 is 4.81. The summed E-state index contributed by atoms with van der Waals surface area (Å²) in [6.45, 7) is -1.10. The maximum absolute atomic E-state index is 10.7. The summed E-state index contributed by atoms with van der Waals surface area (Å²) in [5, 5.41) is 2.68. The molecule has 0 saturated carbocycles. The van der Waals surface area contributed by atoms with E-state index >= 15 is 0 Å². The van der Waals surface area contributed by atoms with Gasteiger partial charge in [0.2, 0.25) is 0 Å². The molecule has 0 aromatic carbocycles. The molecule has 0 aliphatic heterocycles. The molecule has 0 aliphatic rings. The molecule has 1 amide bonds. The summed E-state index contributed by atoms with van der Waals surface area (Å²) in [5.41, 5.74) is 6.50. The topological polar surface area (TPSA) is 62.5 Å². The first-order valence-corrected chi connectivity index (χ1v) is 32.2. The Morgan fingerprint density at radius 3 is 1.65 bits per heavy atom. The second kappa shape index (κ2) is 22.9. The SMILES string of the molecule is N=NC(=O)OP(#P)P=PP=PP=PP=PP=PP=PP=PP=P. The Morgan fingerprint density at radius 1 is 0.870 bits per heavy atom. The molecule has 0 aromatic rings. The van der Waals surface area contributed by atoms with Crippen molar-refractivity contribution in [3.8, 4) is 0 Å². The number of nitrogens with zero attached hydrogens (tertiary/aromatic N) is 1. The van der Waals surface area contributed by atoms with Crippen molar-refractivity contribution < 1.29 is 9.32 Å². The molecule has 1 N–H and O–H groups in total. The standard InChI is InChI=1S/CH2N2O2P18/c2-3-1(4)5-23(7)22-21-20-19-18-17-16-15-14-13-12-11-10-9-8-6/h2,6H. The Kier molecular flexibility index (Phi) is 27.5. The fourth-order valence-corrected chi connectivity index (χ4v) is 63.9. The van der Waals surface area contributed by atoms with Crippen molar-refractivity contribution in [3.63, 3.8) is 0 Å². The number of carbonyl (C=O) groups is 1. The molecule has 118 valence electrons. The van der Waals surface area contributed by atoms with Gasteiger partial charge in [0.15, 0.2) is 0 Å². The third kappa shape index (κ3) is 22.8. The van der Waals surface area contributed by atoms with Gasteiger partial charge in [0.25, 0.3) is 0 Å². The normalized spacial score (nSPS) is 13.8. The van der Waals surface area contributed by atoms with Gasteiger partial charge in [0.1, 0.15) is 0 Å². The van der Waals surface area contributed by atoms with E-state index in [1.54, 1.807) is 0 Å². The van der Waals surface area contributed by atoms with Crippen LogP contribution < -0.4 is 0 Å². The Balaban J connectivity index is 4.01. The molecular formula is CH2N2O2P18. The first-order valence-electron chi connectivity index (χ1n) is 4.46. The molecule has 0 saturated heterocycles. The van der Waals surface area contributed by atoms with Gasteiger partial charge in [-0.3, -0.25) is 0 Å². The van der Waals surface area contributed by atoms with Crippen LogP contribution in [0, 0.1) is 5.53 Å². The summed E-state index contributed by atoms with van der Waals surface area (Å²) in [7, 11) is 28.6. The van der Waals surface area contributed by atoms with Gasteiger partial charge in [-0.15, -0.1) is 0 Å². The van der Waals surface area contributed by atoms with Crippen LogP contribution in [0.5, 0.6) is 0 Å². The van der Waals surface area contributed by atoms with E-state index in [-0.39, 0.29) is 0 Å². The molecule has 23 heavy (non-hydrogen) atoms. The summed E-state index contributed by atoms with van der Waals surface area (Å²) >= 11 is 0. The number of rotatable bonds is 7. The van der Waals surface area contributed by atoms with Gasteiger partial charge >= 0.3 is 124 Å². The zero-order chi connectivity index (χ0) is 17.2. The molecule has 0 spiro atoms.